The van der Waals surface area contributed by atoms with Gasteiger partial charge in [-0.1, -0.05) is 6.92 Å². The molecule has 6 nitrogen and oxygen atoms in total. The van der Waals surface area contributed by atoms with Crippen LogP contribution < -0.4 is 0 Å². The molecule has 0 saturated heterocycles. The van der Waals surface area contributed by atoms with E-state index in [9.17, 15) is 9.90 Å². The zero-order valence-corrected chi connectivity index (χ0v) is 19.4. The number of Topliss-reactive ketones (excluding diaryl/α,β-unsaturated/α-hetero) is 1. The Bertz CT molecular complexity index is 1030. The van der Waals surface area contributed by atoms with Crippen molar-refractivity contribution in [3.8, 4) is 0 Å². The molecule has 2 aromatic rings. The molecule has 32 heavy (non-hydrogen) atoms. The number of carbonyl (C=O) groups is 1. The third-order valence-electron chi connectivity index (χ3n) is 10.3. The third kappa shape index (κ3) is 3.16. The summed E-state index contributed by atoms with van der Waals surface area (Å²) in [6, 6.07) is 0. The standard InChI is InChI=1S/C26H36N4O2/c1-25(32)9-7-17-16(11-25)3-4-19-18(17)8-10-26(2)20(19)5-6-21(26)24(31)14-30-23-13-27-15-28-22(23)12-29-30/h12-13,15-21,32H,3-11,14H2,1-2H3. The van der Waals surface area contributed by atoms with Crippen molar-refractivity contribution >= 4 is 16.8 Å². The number of rotatable bonds is 3. The van der Waals surface area contributed by atoms with E-state index in [-0.39, 0.29) is 11.3 Å². The van der Waals surface area contributed by atoms with Crippen LogP contribution in [0, 0.1) is 40.9 Å². The van der Waals surface area contributed by atoms with Gasteiger partial charge in [-0.25, -0.2) is 9.97 Å². The number of hydrogen-bond acceptors (Lipinski definition) is 5. The zero-order chi connectivity index (χ0) is 22.1. The minimum Gasteiger partial charge on any atom is -0.390 e. The van der Waals surface area contributed by atoms with Crippen LogP contribution in [0.4, 0.5) is 0 Å². The van der Waals surface area contributed by atoms with Crippen LogP contribution >= 0.6 is 0 Å². The minimum atomic E-state index is -0.455. The zero-order valence-electron chi connectivity index (χ0n) is 19.4. The summed E-state index contributed by atoms with van der Waals surface area (Å²) in [5.74, 6) is 4.24. The van der Waals surface area contributed by atoms with Crippen LogP contribution in [0.1, 0.15) is 71.6 Å². The summed E-state index contributed by atoms with van der Waals surface area (Å²) in [6.45, 7) is 4.79. The lowest BCUT2D eigenvalue weighted by atomic mass is 9.49. The molecule has 2 heterocycles. The van der Waals surface area contributed by atoms with Crippen molar-refractivity contribution < 1.29 is 9.90 Å². The smallest absolute Gasteiger partial charge is 0.157 e. The van der Waals surface area contributed by atoms with Crippen LogP contribution in [-0.2, 0) is 11.3 Å². The number of aliphatic hydroxyl groups is 1. The maximum Gasteiger partial charge on any atom is 0.157 e. The van der Waals surface area contributed by atoms with E-state index in [0.29, 0.717) is 24.2 Å². The van der Waals surface area contributed by atoms with Gasteiger partial charge in [-0.15, -0.1) is 0 Å². The molecule has 4 saturated carbocycles. The Hall–Kier alpha value is -1.82. The topological polar surface area (TPSA) is 80.9 Å². The molecule has 8 unspecified atom stereocenters. The second kappa shape index (κ2) is 7.34. The molecule has 0 radical (unpaired) electrons. The molecule has 2 aromatic heterocycles. The summed E-state index contributed by atoms with van der Waals surface area (Å²) in [7, 11) is 0. The van der Waals surface area contributed by atoms with Crippen molar-refractivity contribution in [3.63, 3.8) is 0 Å². The molecule has 6 heteroatoms. The van der Waals surface area contributed by atoms with Crippen LogP contribution in [0.3, 0.4) is 0 Å². The predicted molar refractivity (Wildman–Crippen MR) is 122 cm³/mol. The lowest BCUT2D eigenvalue weighted by molar-refractivity contribution is -0.133. The second-order valence-corrected chi connectivity index (χ2v) is 11.9. The van der Waals surface area contributed by atoms with Gasteiger partial charge in [-0.05, 0) is 99.7 Å². The lowest BCUT2D eigenvalue weighted by Gasteiger charge is -2.56. The molecule has 4 aliphatic rings. The van der Waals surface area contributed by atoms with Gasteiger partial charge >= 0.3 is 0 Å². The van der Waals surface area contributed by atoms with Crippen molar-refractivity contribution in [2.75, 3.05) is 0 Å². The van der Waals surface area contributed by atoms with Gasteiger partial charge in [0.2, 0.25) is 0 Å². The Morgan fingerprint density at radius 2 is 1.91 bits per heavy atom. The van der Waals surface area contributed by atoms with Crippen molar-refractivity contribution in [1.29, 1.82) is 0 Å². The molecule has 0 spiro atoms. The first-order valence-electron chi connectivity index (χ1n) is 12.7. The van der Waals surface area contributed by atoms with Gasteiger partial charge in [-0.2, -0.15) is 5.10 Å². The van der Waals surface area contributed by atoms with E-state index in [1.54, 1.807) is 17.1 Å². The molecule has 6 rings (SSSR count). The second-order valence-electron chi connectivity index (χ2n) is 11.9. The monoisotopic (exact) mass is 436 g/mol. The highest BCUT2D eigenvalue weighted by molar-refractivity contribution is 5.84. The number of hydrogen-bond donors (Lipinski definition) is 1. The van der Waals surface area contributed by atoms with Crippen LogP contribution in [-0.4, -0.2) is 36.2 Å². The van der Waals surface area contributed by atoms with E-state index >= 15 is 0 Å². The van der Waals surface area contributed by atoms with Gasteiger partial charge in [-0.3, -0.25) is 9.48 Å². The van der Waals surface area contributed by atoms with Gasteiger partial charge in [0.1, 0.15) is 23.9 Å². The molecular weight excluding hydrogens is 400 g/mol. The van der Waals surface area contributed by atoms with E-state index in [4.69, 9.17) is 0 Å². The number of aromatic nitrogens is 4. The van der Waals surface area contributed by atoms with Crippen LogP contribution in [0.2, 0.25) is 0 Å². The number of ketones is 1. The Labute approximate surface area is 190 Å². The first-order chi connectivity index (χ1) is 15.4. The lowest BCUT2D eigenvalue weighted by Crippen LogP contribution is -2.51. The summed E-state index contributed by atoms with van der Waals surface area (Å²) >= 11 is 0. The van der Waals surface area contributed by atoms with Crippen molar-refractivity contribution in [2.24, 2.45) is 40.9 Å². The number of nitrogens with zero attached hydrogens (tertiary/aromatic N) is 4. The number of fused-ring (bicyclic) bond motifs is 6. The minimum absolute atomic E-state index is 0.130. The SMILES string of the molecule is CC1(O)CCC2C(CCC3C2CCC2(C)C(C(=O)Cn4ncc5ncncc54)CCC32)C1. The van der Waals surface area contributed by atoms with Crippen molar-refractivity contribution in [2.45, 2.75) is 83.8 Å². The average molecular weight is 437 g/mol. The van der Waals surface area contributed by atoms with Gasteiger partial charge in [0.25, 0.3) is 0 Å². The summed E-state index contributed by atoms with van der Waals surface area (Å²) in [4.78, 5) is 21.9. The maximum atomic E-state index is 13.5. The van der Waals surface area contributed by atoms with Crippen LogP contribution in [0.25, 0.3) is 11.0 Å². The predicted octanol–water partition coefficient (Wildman–Crippen LogP) is 4.42. The molecule has 172 valence electrons. The number of carbonyl (C=O) groups excluding carboxylic acids is 1. The van der Waals surface area contributed by atoms with E-state index in [1.807, 2.05) is 6.92 Å². The molecule has 1 N–H and O–H groups in total. The first-order valence-corrected chi connectivity index (χ1v) is 12.7. The van der Waals surface area contributed by atoms with E-state index in [2.05, 4.69) is 22.0 Å². The summed E-state index contributed by atoms with van der Waals surface area (Å²) in [5.41, 5.74) is 1.32. The highest BCUT2D eigenvalue weighted by Gasteiger charge is 2.58. The summed E-state index contributed by atoms with van der Waals surface area (Å²) < 4.78 is 1.79. The molecule has 4 fully saturated rings. The molecule has 0 amide bonds. The van der Waals surface area contributed by atoms with Gasteiger partial charge in [0.05, 0.1) is 18.0 Å². The Morgan fingerprint density at radius 3 is 2.78 bits per heavy atom. The van der Waals surface area contributed by atoms with E-state index < -0.39 is 5.60 Å². The fraction of sp³-hybridized carbons (Fsp3) is 0.769. The van der Waals surface area contributed by atoms with E-state index in [0.717, 1.165) is 48.0 Å². The largest absolute Gasteiger partial charge is 0.390 e. The molecule has 4 aliphatic carbocycles. The van der Waals surface area contributed by atoms with Crippen LogP contribution in [0.15, 0.2) is 18.7 Å². The van der Waals surface area contributed by atoms with Crippen LogP contribution in [0.5, 0.6) is 0 Å². The van der Waals surface area contributed by atoms with Gasteiger partial charge < -0.3 is 5.11 Å². The molecule has 0 aliphatic heterocycles. The Morgan fingerprint density at radius 1 is 1.06 bits per heavy atom. The van der Waals surface area contributed by atoms with Crippen molar-refractivity contribution in [3.05, 3.63) is 18.7 Å². The highest BCUT2D eigenvalue weighted by atomic mass is 16.3. The summed E-state index contributed by atoms with van der Waals surface area (Å²) in [6.07, 6.45) is 15.4. The third-order valence-corrected chi connectivity index (χ3v) is 10.3. The Kier molecular flexibility index (Phi) is 4.76. The fourth-order valence-corrected chi connectivity index (χ4v) is 8.81. The van der Waals surface area contributed by atoms with E-state index in [1.165, 1.54) is 44.9 Å². The molecule has 8 atom stereocenters. The Balaban J connectivity index is 1.20. The summed E-state index contributed by atoms with van der Waals surface area (Å²) in [5, 5.41) is 15.0. The maximum absolute atomic E-state index is 13.5. The fourth-order valence-electron chi connectivity index (χ4n) is 8.81. The highest BCUT2D eigenvalue weighted by Crippen LogP contribution is 2.64. The average Bonchev–Trinajstić information content (AvgIpc) is 3.33. The van der Waals surface area contributed by atoms with Gasteiger partial charge in [0.15, 0.2) is 5.78 Å². The first kappa shape index (κ1) is 20.8. The van der Waals surface area contributed by atoms with Gasteiger partial charge in [0, 0.05) is 5.92 Å². The quantitative estimate of drug-likeness (QED) is 0.771. The molecule has 0 bridgehead atoms. The molecular formula is C26H36N4O2. The normalized spacial score (nSPS) is 43.5. The van der Waals surface area contributed by atoms with Crippen molar-refractivity contribution in [1.82, 2.24) is 19.7 Å². The molecule has 0 aromatic carbocycles.